The fraction of sp³-hybridized carbons (Fsp3) is 0.435. The molecule has 2 aromatic heterocycles. The molecule has 1 N–H and O–H groups in total. The number of unbranched alkanes of at least 4 members (excludes halogenated alkanes) is 1. The summed E-state index contributed by atoms with van der Waals surface area (Å²) in [7, 11) is 1.75. The van der Waals surface area contributed by atoms with Crippen molar-refractivity contribution in [3.05, 3.63) is 50.0 Å². The van der Waals surface area contributed by atoms with Crippen LogP contribution in [0.2, 0.25) is 10.0 Å². The molecule has 1 unspecified atom stereocenters. The maximum Gasteiger partial charge on any atom is 0.573 e. The van der Waals surface area contributed by atoms with Gasteiger partial charge in [-0.05, 0) is 38.0 Å². The first-order valence-corrected chi connectivity index (χ1v) is 11.9. The fourth-order valence-electron chi connectivity index (χ4n) is 3.86. The minimum absolute atomic E-state index is 0.0273. The van der Waals surface area contributed by atoms with Gasteiger partial charge >= 0.3 is 6.36 Å². The van der Waals surface area contributed by atoms with Crippen molar-refractivity contribution in [3.8, 4) is 17.1 Å². The van der Waals surface area contributed by atoms with Crippen molar-refractivity contribution in [2.24, 2.45) is 7.05 Å². The van der Waals surface area contributed by atoms with Gasteiger partial charge in [0.05, 0.1) is 16.8 Å². The lowest BCUT2D eigenvalue weighted by molar-refractivity contribution is -0.274. The van der Waals surface area contributed by atoms with E-state index >= 15 is 0 Å². The zero-order valence-electron chi connectivity index (χ0n) is 20.0. The Hall–Kier alpha value is -2.92. The number of rotatable bonds is 9. The SMILES string of the molecule is CCCCC(CC)n1c(=O)c(NC(=O)c2noc(-c3ccc(OC(F)(F)F)cc3Cl)c2Cl)c(C)n1C. The van der Waals surface area contributed by atoms with Crippen molar-refractivity contribution in [3.63, 3.8) is 0 Å². The second-order valence-electron chi connectivity index (χ2n) is 8.16. The number of nitrogens with zero attached hydrogens (tertiary/aromatic N) is 3. The van der Waals surface area contributed by atoms with Gasteiger partial charge in [-0.2, -0.15) is 0 Å². The second-order valence-corrected chi connectivity index (χ2v) is 8.94. The molecule has 0 radical (unpaired) electrons. The summed E-state index contributed by atoms with van der Waals surface area (Å²) >= 11 is 12.4. The van der Waals surface area contributed by atoms with Crippen molar-refractivity contribution >= 4 is 34.8 Å². The maximum absolute atomic E-state index is 13.2. The van der Waals surface area contributed by atoms with Crippen LogP contribution in [-0.2, 0) is 7.05 Å². The van der Waals surface area contributed by atoms with Gasteiger partial charge in [0.2, 0.25) is 0 Å². The summed E-state index contributed by atoms with van der Waals surface area (Å²) in [5.74, 6) is -1.45. The number of benzene rings is 1. The highest BCUT2D eigenvalue weighted by Crippen LogP contribution is 2.38. The Kier molecular flexibility index (Phi) is 8.45. The van der Waals surface area contributed by atoms with Crippen LogP contribution in [0.5, 0.6) is 5.75 Å². The molecule has 0 saturated carbocycles. The van der Waals surface area contributed by atoms with Crippen LogP contribution in [0.3, 0.4) is 0 Å². The molecule has 0 aliphatic rings. The topological polar surface area (TPSA) is 91.3 Å². The summed E-state index contributed by atoms with van der Waals surface area (Å²) in [4.78, 5) is 26.1. The first kappa shape index (κ1) is 27.7. The summed E-state index contributed by atoms with van der Waals surface area (Å²) in [6.45, 7) is 5.78. The number of nitrogens with one attached hydrogen (secondary N) is 1. The average molecular weight is 549 g/mol. The highest BCUT2D eigenvalue weighted by atomic mass is 35.5. The molecule has 1 amide bonds. The zero-order chi connectivity index (χ0) is 26.8. The molecule has 36 heavy (non-hydrogen) atoms. The van der Waals surface area contributed by atoms with Gasteiger partial charge in [0.1, 0.15) is 16.5 Å². The first-order chi connectivity index (χ1) is 16.9. The van der Waals surface area contributed by atoms with Crippen LogP contribution in [0.25, 0.3) is 11.3 Å². The van der Waals surface area contributed by atoms with E-state index in [4.69, 9.17) is 27.7 Å². The molecule has 0 spiro atoms. The molecule has 13 heteroatoms. The van der Waals surface area contributed by atoms with Crippen molar-refractivity contribution in [1.29, 1.82) is 0 Å². The van der Waals surface area contributed by atoms with Crippen LogP contribution in [-0.4, -0.2) is 26.8 Å². The molecule has 0 saturated heterocycles. The van der Waals surface area contributed by atoms with Gasteiger partial charge in [0.25, 0.3) is 11.5 Å². The number of alkyl halides is 3. The Morgan fingerprint density at radius 3 is 2.56 bits per heavy atom. The van der Waals surface area contributed by atoms with Crippen LogP contribution in [0.1, 0.15) is 61.8 Å². The van der Waals surface area contributed by atoms with E-state index in [9.17, 15) is 22.8 Å². The number of aromatic nitrogens is 3. The standard InChI is InChI=1S/C23H25Cl2F3N4O4/c1-5-7-8-13(6-2)32-22(34)18(12(3)31(32)4)29-21(33)19-17(25)20(36-30-19)15-10-9-14(11-16(15)24)35-23(26,27)28/h9-11,13H,5-8H2,1-4H3,(H,29,33). The Balaban J connectivity index is 1.89. The van der Waals surface area contributed by atoms with Crippen LogP contribution in [0.4, 0.5) is 18.9 Å². The number of carbonyl (C=O) groups is 1. The number of hydrogen-bond donors (Lipinski definition) is 1. The van der Waals surface area contributed by atoms with Crippen LogP contribution in [0.15, 0.2) is 27.5 Å². The van der Waals surface area contributed by atoms with Crippen LogP contribution in [0, 0.1) is 6.92 Å². The van der Waals surface area contributed by atoms with Crippen LogP contribution < -0.4 is 15.6 Å². The summed E-state index contributed by atoms with van der Waals surface area (Å²) in [5.41, 5.74) is 0.0684. The number of halogens is 5. The van der Waals surface area contributed by atoms with Gasteiger partial charge < -0.3 is 14.6 Å². The molecule has 0 fully saturated rings. The Labute approximate surface area is 214 Å². The van der Waals surface area contributed by atoms with E-state index in [1.807, 2.05) is 6.92 Å². The van der Waals surface area contributed by atoms with Gasteiger partial charge in [0, 0.05) is 12.6 Å². The Bertz CT molecular complexity index is 1310. The lowest BCUT2D eigenvalue weighted by Crippen LogP contribution is -2.28. The van der Waals surface area contributed by atoms with E-state index in [2.05, 4.69) is 22.1 Å². The van der Waals surface area contributed by atoms with Gasteiger partial charge in [-0.15, -0.1) is 13.2 Å². The van der Waals surface area contributed by atoms with Crippen molar-refractivity contribution < 1.29 is 27.2 Å². The van der Waals surface area contributed by atoms with Gasteiger partial charge in [-0.1, -0.05) is 55.0 Å². The molecular formula is C23H25Cl2F3N4O4. The third kappa shape index (κ3) is 5.73. The molecule has 3 rings (SSSR count). The predicted octanol–water partition coefficient (Wildman–Crippen LogP) is 6.75. The Morgan fingerprint density at radius 1 is 1.28 bits per heavy atom. The molecule has 8 nitrogen and oxygen atoms in total. The fourth-order valence-corrected chi connectivity index (χ4v) is 4.37. The van der Waals surface area contributed by atoms with Crippen molar-refractivity contribution in [2.45, 2.75) is 58.9 Å². The minimum Gasteiger partial charge on any atom is -0.406 e. The number of hydrogen-bond acceptors (Lipinski definition) is 5. The molecule has 196 valence electrons. The molecule has 0 aliphatic heterocycles. The second kappa shape index (κ2) is 11.0. The number of anilines is 1. The molecule has 2 heterocycles. The summed E-state index contributed by atoms with van der Waals surface area (Å²) in [6, 6.07) is 3.12. The monoisotopic (exact) mass is 548 g/mol. The zero-order valence-corrected chi connectivity index (χ0v) is 21.5. The van der Waals surface area contributed by atoms with E-state index in [1.165, 1.54) is 6.07 Å². The van der Waals surface area contributed by atoms with Crippen molar-refractivity contribution in [1.82, 2.24) is 14.5 Å². The van der Waals surface area contributed by atoms with Gasteiger partial charge in [-0.25, -0.2) is 4.68 Å². The molecule has 0 bridgehead atoms. The van der Waals surface area contributed by atoms with Crippen LogP contribution >= 0.6 is 23.2 Å². The highest BCUT2D eigenvalue weighted by Gasteiger charge is 2.32. The molecule has 0 aliphatic carbocycles. The average Bonchev–Trinajstić information content (AvgIpc) is 3.27. The van der Waals surface area contributed by atoms with E-state index in [-0.39, 0.29) is 44.4 Å². The molecule has 1 atom stereocenters. The summed E-state index contributed by atoms with van der Waals surface area (Å²) < 4.78 is 49.7. The number of ether oxygens (including phenoxy) is 1. The van der Waals surface area contributed by atoms with E-state index < -0.39 is 18.0 Å². The Morgan fingerprint density at radius 2 is 1.97 bits per heavy atom. The van der Waals surface area contributed by atoms with E-state index in [0.717, 1.165) is 37.8 Å². The summed E-state index contributed by atoms with van der Waals surface area (Å²) in [6.07, 6.45) is -1.37. The maximum atomic E-state index is 13.2. The van der Waals surface area contributed by atoms with Gasteiger partial charge in [0.15, 0.2) is 11.5 Å². The number of carbonyl (C=O) groups excluding carboxylic acids is 1. The van der Waals surface area contributed by atoms with E-state index in [0.29, 0.717) is 5.69 Å². The quantitative estimate of drug-likeness (QED) is 0.319. The third-order valence-electron chi connectivity index (χ3n) is 5.81. The predicted molar refractivity (Wildman–Crippen MR) is 130 cm³/mol. The lowest BCUT2D eigenvalue weighted by atomic mass is 10.1. The molecular weight excluding hydrogens is 524 g/mol. The third-order valence-corrected chi connectivity index (χ3v) is 6.47. The molecule has 1 aromatic carbocycles. The molecule has 3 aromatic rings. The number of amides is 1. The van der Waals surface area contributed by atoms with Gasteiger partial charge in [-0.3, -0.25) is 14.3 Å². The summed E-state index contributed by atoms with van der Waals surface area (Å²) in [5, 5.41) is 5.87. The minimum atomic E-state index is -4.89. The lowest BCUT2D eigenvalue weighted by Gasteiger charge is -2.19. The smallest absolute Gasteiger partial charge is 0.406 e. The normalized spacial score (nSPS) is 12.6. The first-order valence-electron chi connectivity index (χ1n) is 11.2. The van der Waals surface area contributed by atoms with Crippen molar-refractivity contribution in [2.75, 3.05) is 5.32 Å². The highest BCUT2D eigenvalue weighted by molar-refractivity contribution is 6.38. The largest absolute Gasteiger partial charge is 0.573 e. The van der Waals surface area contributed by atoms with E-state index in [1.54, 1.807) is 23.3 Å².